The summed E-state index contributed by atoms with van der Waals surface area (Å²) in [5.74, 6) is 0.834. The Balaban J connectivity index is 1.41. The number of rotatable bonds is 4. The third kappa shape index (κ3) is 3.75. The smallest absolute Gasteiger partial charge is 0.258 e. The molecule has 0 aliphatic carbocycles. The van der Waals surface area contributed by atoms with E-state index in [-0.39, 0.29) is 11.3 Å². The summed E-state index contributed by atoms with van der Waals surface area (Å²) in [6, 6.07) is 15.3. The van der Waals surface area contributed by atoms with Crippen LogP contribution in [0.3, 0.4) is 0 Å². The van der Waals surface area contributed by atoms with Gasteiger partial charge in [0.25, 0.3) is 5.56 Å². The van der Waals surface area contributed by atoms with Crippen molar-refractivity contribution in [1.82, 2.24) is 9.97 Å². The van der Waals surface area contributed by atoms with Crippen LogP contribution in [0.15, 0.2) is 53.3 Å². The Morgan fingerprint density at radius 1 is 1.11 bits per heavy atom. The van der Waals surface area contributed by atoms with E-state index >= 15 is 0 Å². The summed E-state index contributed by atoms with van der Waals surface area (Å²) in [6.07, 6.45) is 0. The van der Waals surface area contributed by atoms with Crippen molar-refractivity contribution in [3.63, 3.8) is 0 Å². The van der Waals surface area contributed by atoms with E-state index in [9.17, 15) is 9.59 Å². The molecule has 2 aromatic carbocycles. The first-order valence-electron chi connectivity index (χ1n) is 9.27. The number of aromatic nitrogens is 2. The minimum atomic E-state index is -0.0702. The molecule has 3 aromatic rings. The number of H-pyrrole nitrogens is 1. The van der Waals surface area contributed by atoms with Gasteiger partial charge in [-0.15, -0.1) is 0 Å². The second kappa shape index (κ2) is 7.32. The molecule has 1 aromatic heterocycles. The van der Waals surface area contributed by atoms with Gasteiger partial charge in [-0.05, 0) is 43.3 Å². The van der Waals surface area contributed by atoms with Gasteiger partial charge in [-0.3, -0.25) is 9.59 Å². The van der Waals surface area contributed by atoms with E-state index in [1.54, 1.807) is 13.0 Å². The highest BCUT2D eigenvalue weighted by Gasteiger charge is 2.21. The van der Waals surface area contributed by atoms with Crippen LogP contribution in [0.1, 0.15) is 23.1 Å². The predicted molar refractivity (Wildman–Crippen MR) is 105 cm³/mol. The van der Waals surface area contributed by atoms with Gasteiger partial charge in [-0.1, -0.05) is 12.1 Å². The lowest BCUT2D eigenvalue weighted by molar-refractivity contribution is -0.915. The molecule has 0 spiro atoms. The Kier molecular flexibility index (Phi) is 4.73. The van der Waals surface area contributed by atoms with E-state index in [0.29, 0.717) is 5.39 Å². The van der Waals surface area contributed by atoms with Gasteiger partial charge in [0.2, 0.25) is 0 Å². The number of nitrogens with one attached hydrogen (secondary N) is 2. The van der Waals surface area contributed by atoms with E-state index in [1.807, 2.05) is 42.5 Å². The highest BCUT2D eigenvalue weighted by Crippen LogP contribution is 2.15. The second-order valence-electron chi connectivity index (χ2n) is 7.05. The van der Waals surface area contributed by atoms with E-state index < -0.39 is 0 Å². The minimum absolute atomic E-state index is 0.0702. The van der Waals surface area contributed by atoms with Crippen LogP contribution in [0.5, 0.6) is 0 Å². The molecule has 2 N–H and O–H groups in total. The summed E-state index contributed by atoms with van der Waals surface area (Å²) in [6.45, 7) is 6.13. The standard InChI is InChI=1S/C21H22N4O2/c1-15(26)16-6-8-17(9-7-16)25-12-10-24(11-13-25)14-20-22-19-5-3-2-4-18(19)21(27)23-20/h2-9H,10-14H2,1H3,(H,22,23,27)/p+1. The molecule has 0 atom stereocenters. The summed E-state index contributed by atoms with van der Waals surface area (Å²) in [7, 11) is 0. The Morgan fingerprint density at radius 2 is 1.81 bits per heavy atom. The molecular formula is C21H23N4O2+. The number of fused-ring (bicyclic) bond motifs is 1. The molecule has 1 aliphatic rings. The van der Waals surface area contributed by atoms with Gasteiger partial charge in [0, 0.05) is 11.3 Å². The van der Waals surface area contributed by atoms with Gasteiger partial charge in [0.15, 0.2) is 11.6 Å². The van der Waals surface area contributed by atoms with Crippen LogP contribution in [-0.4, -0.2) is 41.9 Å². The number of ketones is 1. The highest BCUT2D eigenvalue weighted by molar-refractivity contribution is 5.94. The first-order valence-corrected chi connectivity index (χ1v) is 9.27. The van der Waals surface area contributed by atoms with Crippen molar-refractivity contribution in [2.45, 2.75) is 13.5 Å². The molecule has 1 saturated heterocycles. The molecule has 4 rings (SSSR count). The third-order valence-corrected chi connectivity index (χ3v) is 5.19. The number of quaternary nitrogens is 1. The molecule has 2 heterocycles. The molecule has 6 nitrogen and oxygen atoms in total. The summed E-state index contributed by atoms with van der Waals surface area (Å²) < 4.78 is 0. The molecule has 0 amide bonds. The van der Waals surface area contributed by atoms with Crippen LogP contribution < -0.4 is 15.4 Å². The fraction of sp³-hybridized carbons (Fsp3) is 0.286. The number of Topliss-reactive ketones (excluding diaryl/α,β-unsaturated/α-hetero) is 1. The number of benzene rings is 2. The summed E-state index contributed by atoms with van der Waals surface area (Å²) in [5, 5.41) is 0.634. The molecule has 0 unspecified atom stereocenters. The number of carbonyl (C=O) groups excluding carboxylic acids is 1. The Bertz CT molecular complexity index is 1020. The van der Waals surface area contributed by atoms with Crippen molar-refractivity contribution in [1.29, 1.82) is 0 Å². The first kappa shape index (κ1) is 17.4. The molecular weight excluding hydrogens is 340 g/mol. The predicted octanol–water partition coefficient (Wildman–Crippen LogP) is 1.03. The summed E-state index contributed by atoms with van der Waals surface area (Å²) in [5.41, 5.74) is 2.57. The SMILES string of the molecule is CC(=O)c1ccc(N2CC[NH+](Cc3nc4ccccc4c(=O)[nH]3)CC2)cc1. The zero-order valence-corrected chi connectivity index (χ0v) is 15.4. The first-order chi connectivity index (χ1) is 13.1. The lowest BCUT2D eigenvalue weighted by Crippen LogP contribution is -3.13. The van der Waals surface area contributed by atoms with E-state index in [4.69, 9.17) is 0 Å². The quantitative estimate of drug-likeness (QED) is 0.680. The van der Waals surface area contributed by atoms with Gasteiger partial charge < -0.3 is 14.8 Å². The van der Waals surface area contributed by atoms with E-state index in [2.05, 4.69) is 14.9 Å². The number of hydrogen-bond acceptors (Lipinski definition) is 4. The van der Waals surface area contributed by atoms with Crippen LogP contribution >= 0.6 is 0 Å². The molecule has 1 fully saturated rings. The number of anilines is 1. The van der Waals surface area contributed by atoms with E-state index in [1.165, 1.54) is 4.90 Å². The van der Waals surface area contributed by atoms with Crippen LogP contribution in [0, 0.1) is 0 Å². The van der Waals surface area contributed by atoms with Crippen LogP contribution in [-0.2, 0) is 6.54 Å². The molecule has 0 saturated carbocycles. The monoisotopic (exact) mass is 363 g/mol. The van der Waals surface area contributed by atoms with Crippen molar-refractivity contribution < 1.29 is 9.69 Å². The minimum Gasteiger partial charge on any atom is -0.360 e. The lowest BCUT2D eigenvalue weighted by atomic mass is 10.1. The van der Waals surface area contributed by atoms with Crippen molar-refractivity contribution in [3.05, 3.63) is 70.3 Å². The van der Waals surface area contributed by atoms with Crippen LogP contribution in [0.2, 0.25) is 0 Å². The lowest BCUT2D eigenvalue weighted by Gasteiger charge is -2.33. The maximum absolute atomic E-state index is 12.2. The average molecular weight is 363 g/mol. The molecule has 27 heavy (non-hydrogen) atoms. The van der Waals surface area contributed by atoms with Crippen LogP contribution in [0.4, 0.5) is 5.69 Å². The zero-order valence-electron chi connectivity index (χ0n) is 15.4. The summed E-state index contributed by atoms with van der Waals surface area (Å²) in [4.78, 5) is 34.9. The second-order valence-corrected chi connectivity index (χ2v) is 7.05. The summed E-state index contributed by atoms with van der Waals surface area (Å²) >= 11 is 0. The molecule has 138 valence electrons. The fourth-order valence-electron chi connectivity index (χ4n) is 3.62. The number of nitrogens with zero attached hydrogens (tertiary/aromatic N) is 2. The van der Waals surface area contributed by atoms with Gasteiger partial charge in [-0.2, -0.15) is 0 Å². The normalized spacial score (nSPS) is 15.2. The van der Waals surface area contributed by atoms with E-state index in [0.717, 1.165) is 55.3 Å². The van der Waals surface area contributed by atoms with Crippen LogP contribution in [0.25, 0.3) is 10.9 Å². The molecule has 6 heteroatoms. The third-order valence-electron chi connectivity index (χ3n) is 5.19. The molecule has 0 bridgehead atoms. The zero-order chi connectivity index (χ0) is 18.8. The number of aromatic amines is 1. The fourth-order valence-corrected chi connectivity index (χ4v) is 3.62. The van der Waals surface area contributed by atoms with Gasteiger partial charge in [0.1, 0.15) is 6.54 Å². The number of carbonyl (C=O) groups is 1. The topological polar surface area (TPSA) is 70.5 Å². The molecule has 0 radical (unpaired) electrons. The Morgan fingerprint density at radius 3 is 2.52 bits per heavy atom. The van der Waals surface area contributed by atoms with Crippen molar-refractivity contribution in [3.8, 4) is 0 Å². The maximum atomic E-state index is 12.2. The number of piperazine rings is 1. The van der Waals surface area contributed by atoms with Gasteiger partial charge in [-0.25, -0.2) is 4.98 Å². The van der Waals surface area contributed by atoms with Gasteiger partial charge >= 0.3 is 0 Å². The van der Waals surface area contributed by atoms with Gasteiger partial charge in [0.05, 0.1) is 37.1 Å². The Labute approximate surface area is 157 Å². The number of para-hydroxylation sites is 1. The Hall–Kier alpha value is -2.99. The van der Waals surface area contributed by atoms with Crippen molar-refractivity contribution >= 4 is 22.4 Å². The maximum Gasteiger partial charge on any atom is 0.258 e. The molecule has 1 aliphatic heterocycles. The average Bonchev–Trinajstić information content (AvgIpc) is 2.69. The van der Waals surface area contributed by atoms with Crippen molar-refractivity contribution in [2.24, 2.45) is 0 Å². The highest BCUT2D eigenvalue weighted by atomic mass is 16.1. The van der Waals surface area contributed by atoms with Crippen molar-refractivity contribution in [2.75, 3.05) is 31.1 Å². The number of hydrogen-bond donors (Lipinski definition) is 2. The largest absolute Gasteiger partial charge is 0.360 e.